The molecule has 86 valence electrons. The third-order valence-corrected chi connectivity index (χ3v) is 3.64. The molecule has 0 saturated heterocycles. The summed E-state index contributed by atoms with van der Waals surface area (Å²) < 4.78 is 14.6. The number of para-hydroxylation sites is 1. The van der Waals surface area contributed by atoms with Gasteiger partial charge in [-0.2, -0.15) is 0 Å². The zero-order chi connectivity index (χ0) is 11.8. The van der Waals surface area contributed by atoms with Gasteiger partial charge in [-0.3, -0.25) is 0 Å². The van der Waals surface area contributed by atoms with E-state index in [9.17, 15) is 4.39 Å². The predicted octanol–water partition coefficient (Wildman–Crippen LogP) is 4.30. The highest BCUT2D eigenvalue weighted by molar-refractivity contribution is 9.10. The van der Waals surface area contributed by atoms with Crippen molar-refractivity contribution in [3.63, 3.8) is 0 Å². The molecule has 0 fully saturated rings. The quantitative estimate of drug-likeness (QED) is 0.826. The van der Waals surface area contributed by atoms with Gasteiger partial charge in [-0.25, -0.2) is 4.39 Å². The summed E-state index contributed by atoms with van der Waals surface area (Å²) >= 11 is 3.41. The van der Waals surface area contributed by atoms with E-state index < -0.39 is 0 Å². The highest BCUT2D eigenvalue weighted by Crippen LogP contribution is 2.35. The molecule has 3 rings (SSSR count). The first-order chi connectivity index (χ1) is 8.24. The normalized spacial score (nSPS) is 17.6. The average molecular weight is 292 g/mol. The van der Waals surface area contributed by atoms with Crippen LogP contribution < -0.4 is 5.32 Å². The van der Waals surface area contributed by atoms with E-state index in [1.165, 1.54) is 11.6 Å². The fourth-order valence-electron chi connectivity index (χ4n) is 2.24. The lowest BCUT2D eigenvalue weighted by atomic mass is 10.0. The lowest BCUT2D eigenvalue weighted by molar-refractivity contribution is 0.630. The third kappa shape index (κ3) is 1.95. The second-order valence-corrected chi connectivity index (χ2v) is 5.14. The number of fused-ring (bicyclic) bond motifs is 1. The van der Waals surface area contributed by atoms with Crippen LogP contribution >= 0.6 is 15.9 Å². The van der Waals surface area contributed by atoms with E-state index in [2.05, 4.69) is 33.4 Å². The van der Waals surface area contributed by atoms with Crippen molar-refractivity contribution in [2.24, 2.45) is 0 Å². The molecule has 1 atom stereocenters. The van der Waals surface area contributed by atoms with Crippen molar-refractivity contribution in [3.8, 4) is 0 Å². The molecule has 0 radical (unpaired) electrons. The summed E-state index contributed by atoms with van der Waals surface area (Å²) in [6.45, 7) is 0. The lowest BCUT2D eigenvalue weighted by Gasteiger charge is -2.11. The number of halogens is 2. The van der Waals surface area contributed by atoms with Gasteiger partial charge in [0, 0.05) is 4.47 Å². The monoisotopic (exact) mass is 291 g/mol. The van der Waals surface area contributed by atoms with Crippen LogP contribution in [0.25, 0.3) is 0 Å². The Morgan fingerprint density at radius 3 is 2.59 bits per heavy atom. The molecule has 1 unspecified atom stereocenters. The lowest BCUT2D eigenvalue weighted by Crippen LogP contribution is -2.05. The number of benzene rings is 2. The first-order valence-electron chi connectivity index (χ1n) is 5.53. The predicted molar refractivity (Wildman–Crippen MR) is 70.6 cm³/mol. The van der Waals surface area contributed by atoms with E-state index in [0.717, 1.165) is 16.5 Å². The van der Waals surface area contributed by atoms with Gasteiger partial charge >= 0.3 is 0 Å². The maximum Gasteiger partial charge on any atom is 0.146 e. The minimum Gasteiger partial charge on any atom is -0.375 e. The summed E-state index contributed by atoms with van der Waals surface area (Å²) in [4.78, 5) is 0. The van der Waals surface area contributed by atoms with Gasteiger partial charge in [0.15, 0.2) is 0 Å². The maximum absolute atomic E-state index is 13.6. The zero-order valence-electron chi connectivity index (χ0n) is 9.08. The summed E-state index contributed by atoms with van der Waals surface area (Å²) in [5.74, 6) is -0.165. The fourth-order valence-corrected chi connectivity index (χ4v) is 2.51. The van der Waals surface area contributed by atoms with Crippen LogP contribution in [-0.2, 0) is 6.42 Å². The van der Waals surface area contributed by atoms with Gasteiger partial charge < -0.3 is 5.32 Å². The molecule has 0 spiro atoms. The van der Waals surface area contributed by atoms with Gasteiger partial charge in [0.1, 0.15) is 5.82 Å². The Morgan fingerprint density at radius 2 is 1.88 bits per heavy atom. The molecule has 0 aromatic heterocycles. The molecule has 0 bridgehead atoms. The zero-order valence-corrected chi connectivity index (χ0v) is 10.7. The van der Waals surface area contributed by atoms with Gasteiger partial charge in [-0.15, -0.1) is 0 Å². The summed E-state index contributed by atoms with van der Waals surface area (Å²) in [6.07, 6.45) is 0.842. The largest absolute Gasteiger partial charge is 0.375 e. The van der Waals surface area contributed by atoms with E-state index >= 15 is 0 Å². The molecule has 0 saturated carbocycles. The van der Waals surface area contributed by atoms with Crippen LogP contribution in [-0.4, -0.2) is 0 Å². The van der Waals surface area contributed by atoms with Gasteiger partial charge in [-0.05, 0) is 35.7 Å². The van der Waals surface area contributed by atoms with Gasteiger partial charge in [-0.1, -0.05) is 40.2 Å². The van der Waals surface area contributed by atoms with Crippen LogP contribution in [0.3, 0.4) is 0 Å². The van der Waals surface area contributed by atoms with E-state index in [1.54, 1.807) is 6.07 Å². The molecule has 2 aromatic rings. The van der Waals surface area contributed by atoms with Gasteiger partial charge in [0.25, 0.3) is 0 Å². The SMILES string of the molecule is Fc1cccc2c1NC(c1ccc(Br)cc1)C2. The van der Waals surface area contributed by atoms with Crippen molar-refractivity contribution in [3.05, 3.63) is 63.9 Å². The molecule has 1 heterocycles. The number of anilines is 1. The Labute approximate surface area is 108 Å². The van der Waals surface area contributed by atoms with Crippen LogP contribution in [0, 0.1) is 5.82 Å². The van der Waals surface area contributed by atoms with E-state index in [0.29, 0.717) is 5.69 Å². The van der Waals surface area contributed by atoms with E-state index in [-0.39, 0.29) is 11.9 Å². The second-order valence-electron chi connectivity index (χ2n) is 4.23. The molecule has 1 aliphatic rings. The van der Waals surface area contributed by atoms with Crippen molar-refractivity contribution in [2.75, 3.05) is 5.32 Å². The molecular weight excluding hydrogens is 281 g/mol. The Balaban J connectivity index is 1.91. The van der Waals surface area contributed by atoms with Crippen LogP contribution in [0.1, 0.15) is 17.2 Å². The smallest absolute Gasteiger partial charge is 0.146 e. The number of nitrogens with one attached hydrogen (secondary N) is 1. The fraction of sp³-hybridized carbons (Fsp3) is 0.143. The number of rotatable bonds is 1. The first kappa shape index (κ1) is 10.8. The minimum atomic E-state index is -0.165. The molecular formula is C14H11BrFN. The third-order valence-electron chi connectivity index (χ3n) is 3.11. The van der Waals surface area contributed by atoms with Crippen molar-refractivity contribution in [2.45, 2.75) is 12.5 Å². The number of hydrogen-bond donors (Lipinski definition) is 1. The molecule has 2 aromatic carbocycles. The second kappa shape index (κ2) is 4.15. The van der Waals surface area contributed by atoms with Gasteiger partial charge in [0.05, 0.1) is 11.7 Å². The average Bonchev–Trinajstić information content (AvgIpc) is 2.75. The summed E-state index contributed by atoms with van der Waals surface area (Å²) in [5, 5.41) is 3.25. The minimum absolute atomic E-state index is 0.165. The molecule has 1 aliphatic heterocycles. The molecule has 0 aliphatic carbocycles. The first-order valence-corrected chi connectivity index (χ1v) is 6.33. The molecule has 3 heteroatoms. The standard InChI is InChI=1S/C14H11BrFN/c15-11-6-4-9(5-7-11)13-8-10-2-1-3-12(16)14(10)17-13/h1-7,13,17H,8H2. The molecule has 0 amide bonds. The van der Waals surface area contributed by atoms with Crippen molar-refractivity contribution < 1.29 is 4.39 Å². The Morgan fingerprint density at radius 1 is 1.12 bits per heavy atom. The Hall–Kier alpha value is -1.35. The van der Waals surface area contributed by atoms with E-state index in [4.69, 9.17) is 0 Å². The van der Waals surface area contributed by atoms with Crippen molar-refractivity contribution in [1.82, 2.24) is 0 Å². The summed E-state index contributed by atoms with van der Waals surface area (Å²) in [6, 6.07) is 13.6. The van der Waals surface area contributed by atoms with E-state index in [1.807, 2.05) is 18.2 Å². The van der Waals surface area contributed by atoms with Crippen LogP contribution in [0.15, 0.2) is 46.9 Å². The van der Waals surface area contributed by atoms with Crippen molar-refractivity contribution >= 4 is 21.6 Å². The molecule has 1 nitrogen and oxygen atoms in total. The van der Waals surface area contributed by atoms with Crippen LogP contribution in [0.4, 0.5) is 10.1 Å². The summed E-state index contributed by atoms with van der Waals surface area (Å²) in [7, 11) is 0. The van der Waals surface area contributed by atoms with Crippen LogP contribution in [0.2, 0.25) is 0 Å². The highest BCUT2D eigenvalue weighted by atomic mass is 79.9. The Kier molecular flexibility index (Phi) is 2.63. The van der Waals surface area contributed by atoms with Gasteiger partial charge in [0.2, 0.25) is 0 Å². The Bertz CT molecular complexity index is 551. The van der Waals surface area contributed by atoms with Crippen molar-refractivity contribution in [1.29, 1.82) is 0 Å². The number of hydrogen-bond acceptors (Lipinski definition) is 1. The molecule has 17 heavy (non-hydrogen) atoms. The molecule has 1 N–H and O–H groups in total. The highest BCUT2D eigenvalue weighted by Gasteiger charge is 2.23. The van der Waals surface area contributed by atoms with Crippen LogP contribution in [0.5, 0.6) is 0 Å². The summed E-state index contributed by atoms with van der Waals surface area (Å²) in [5.41, 5.74) is 2.89. The topological polar surface area (TPSA) is 12.0 Å². The maximum atomic E-state index is 13.6.